The van der Waals surface area contributed by atoms with Crippen LogP contribution < -0.4 is 5.56 Å². The van der Waals surface area contributed by atoms with E-state index in [-0.39, 0.29) is 0 Å². The van der Waals surface area contributed by atoms with Crippen LogP contribution >= 0.6 is 0 Å². The summed E-state index contributed by atoms with van der Waals surface area (Å²) in [5.41, 5.74) is -1.68. The van der Waals surface area contributed by atoms with Crippen LogP contribution in [0.25, 0.3) is 0 Å². The van der Waals surface area contributed by atoms with E-state index in [0.717, 1.165) is 4.68 Å². The molecule has 0 saturated carbocycles. The van der Waals surface area contributed by atoms with Crippen molar-refractivity contribution in [3.8, 4) is 0 Å². The minimum atomic E-state index is -1.38. The third-order valence-corrected chi connectivity index (χ3v) is 1.51. The molecule has 1 heterocycles. The number of nitrogens with zero attached hydrogens (tertiary/aromatic N) is 2. The topological polar surface area (TPSA) is 34.9 Å². The van der Waals surface area contributed by atoms with E-state index in [4.69, 9.17) is 0 Å². The Morgan fingerprint density at radius 3 is 2.38 bits per heavy atom. The normalized spacial score (nSPS) is 11.8. The zero-order chi connectivity index (χ0) is 10.2. The Kier molecular flexibility index (Phi) is 2.19. The molecule has 72 valence electrons. The smallest absolute Gasteiger partial charge is 0.264 e. The predicted molar refractivity (Wildman–Crippen MR) is 43.4 cm³/mol. The first kappa shape index (κ1) is 9.83. The minimum absolute atomic E-state index is 0.647. The fourth-order valence-electron chi connectivity index (χ4n) is 0.891. The fourth-order valence-corrected chi connectivity index (χ4v) is 0.891. The molecule has 0 N–H and O–H groups in total. The van der Waals surface area contributed by atoms with Crippen molar-refractivity contribution in [3.05, 3.63) is 28.2 Å². The van der Waals surface area contributed by atoms with Gasteiger partial charge in [-0.2, -0.15) is 9.49 Å². The summed E-state index contributed by atoms with van der Waals surface area (Å²) in [6.07, 6.45) is 0.696. The Labute approximate surface area is 74.0 Å². The van der Waals surface area contributed by atoms with Gasteiger partial charge in [0.1, 0.15) is 0 Å². The van der Waals surface area contributed by atoms with E-state index in [1.165, 1.54) is 0 Å². The Balaban J connectivity index is 3.44. The molecule has 0 amide bonds. The first-order valence-corrected chi connectivity index (χ1v) is 3.78. The van der Waals surface area contributed by atoms with Crippen molar-refractivity contribution in [2.75, 3.05) is 0 Å². The average Bonchev–Trinajstić information content (AvgIpc) is 1.98. The van der Waals surface area contributed by atoms with Gasteiger partial charge in [0, 0.05) is 0 Å². The largest absolute Gasteiger partial charge is 0.306 e. The van der Waals surface area contributed by atoms with Gasteiger partial charge in [0.15, 0.2) is 5.82 Å². The second-order valence-corrected chi connectivity index (χ2v) is 3.69. The molecule has 1 rings (SSSR count). The number of aromatic nitrogens is 2. The van der Waals surface area contributed by atoms with Crippen LogP contribution in [0.15, 0.2) is 11.0 Å². The highest BCUT2D eigenvalue weighted by Crippen LogP contribution is 2.09. The minimum Gasteiger partial charge on any atom is -0.264 e. The summed E-state index contributed by atoms with van der Waals surface area (Å²) >= 11 is 0. The molecule has 0 bridgehead atoms. The molecule has 0 saturated heterocycles. The van der Waals surface area contributed by atoms with Crippen molar-refractivity contribution in [2.45, 2.75) is 26.3 Å². The molecule has 0 aliphatic rings. The molecule has 0 aliphatic heterocycles. The van der Waals surface area contributed by atoms with Gasteiger partial charge < -0.3 is 0 Å². The molecule has 1 aromatic rings. The van der Waals surface area contributed by atoms with E-state index in [2.05, 4.69) is 5.10 Å². The monoisotopic (exact) mass is 188 g/mol. The fraction of sp³-hybridized carbons (Fsp3) is 0.500. The second-order valence-electron chi connectivity index (χ2n) is 3.69. The van der Waals surface area contributed by atoms with Crippen LogP contribution in [0.4, 0.5) is 8.78 Å². The molecule has 0 fully saturated rings. The summed E-state index contributed by atoms with van der Waals surface area (Å²) in [4.78, 5) is 11.1. The first-order valence-electron chi connectivity index (χ1n) is 3.78. The maximum Gasteiger partial charge on any atom is 0.306 e. The van der Waals surface area contributed by atoms with E-state index in [1.807, 2.05) is 0 Å². The summed E-state index contributed by atoms with van der Waals surface area (Å²) in [5, 5.41) is 3.50. The first-order chi connectivity index (χ1) is 5.84. The van der Waals surface area contributed by atoms with Crippen molar-refractivity contribution in [2.24, 2.45) is 0 Å². The number of hydrogen-bond acceptors (Lipinski definition) is 2. The lowest BCUT2D eigenvalue weighted by Gasteiger charge is -2.19. The predicted octanol–water partition coefficient (Wildman–Crippen LogP) is 1.28. The van der Waals surface area contributed by atoms with Gasteiger partial charge in [-0.1, -0.05) is 0 Å². The second kappa shape index (κ2) is 2.90. The van der Waals surface area contributed by atoms with Crippen LogP contribution in [0, 0.1) is 11.6 Å². The van der Waals surface area contributed by atoms with Crippen molar-refractivity contribution in [1.82, 2.24) is 9.78 Å². The van der Waals surface area contributed by atoms with Crippen LogP contribution in [-0.4, -0.2) is 9.78 Å². The molecule has 0 spiro atoms. The molecule has 1 aromatic heterocycles. The van der Waals surface area contributed by atoms with Gasteiger partial charge in [-0.05, 0) is 20.8 Å². The lowest BCUT2D eigenvalue weighted by molar-refractivity contribution is 0.317. The van der Waals surface area contributed by atoms with Gasteiger partial charge in [-0.3, -0.25) is 4.79 Å². The molecule has 0 unspecified atom stereocenters. The number of hydrogen-bond donors (Lipinski definition) is 0. The summed E-state index contributed by atoms with van der Waals surface area (Å²) in [5.74, 6) is -2.60. The van der Waals surface area contributed by atoms with Crippen LogP contribution in [0.1, 0.15) is 20.8 Å². The molecule has 0 atom stereocenters. The summed E-state index contributed by atoms with van der Waals surface area (Å²) < 4.78 is 26.2. The highest BCUT2D eigenvalue weighted by Gasteiger charge is 2.19. The van der Waals surface area contributed by atoms with Gasteiger partial charge >= 0.3 is 5.56 Å². The summed E-state index contributed by atoms with van der Waals surface area (Å²) in [7, 11) is 0. The Morgan fingerprint density at radius 1 is 1.38 bits per heavy atom. The Bertz CT molecular complexity index is 379. The van der Waals surface area contributed by atoms with Crippen LogP contribution in [0.3, 0.4) is 0 Å². The molecule has 3 nitrogen and oxygen atoms in total. The van der Waals surface area contributed by atoms with E-state index in [9.17, 15) is 13.6 Å². The molecule has 0 aromatic carbocycles. The summed E-state index contributed by atoms with van der Waals surface area (Å²) in [6, 6.07) is 0. The SMILES string of the molecule is CC(C)(C)n1ncc(F)c(F)c1=O. The zero-order valence-corrected chi connectivity index (χ0v) is 7.64. The quantitative estimate of drug-likeness (QED) is 0.614. The molecular formula is C8H10F2N2O. The van der Waals surface area contributed by atoms with Gasteiger partial charge in [-0.25, -0.2) is 9.07 Å². The van der Waals surface area contributed by atoms with Crippen molar-refractivity contribution in [1.29, 1.82) is 0 Å². The van der Waals surface area contributed by atoms with Gasteiger partial charge in [-0.15, -0.1) is 0 Å². The number of rotatable bonds is 0. The lowest BCUT2D eigenvalue weighted by atomic mass is 10.1. The molecule has 0 radical (unpaired) electrons. The van der Waals surface area contributed by atoms with Crippen LogP contribution in [0.2, 0.25) is 0 Å². The molecule has 5 heteroatoms. The van der Waals surface area contributed by atoms with Gasteiger partial charge in [0.05, 0.1) is 11.7 Å². The van der Waals surface area contributed by atoms with Crippen LogP contribution in [0.5, 0.6) is 0 Å². The highest BCUT2D eigenvalue weighted by molar-refractivity contribution is 4.95. The zero-order valence-electron chi connectivity index (χ0n) is 7.64. The van der Waals surface area contributed by atoms with E-state index in [0.29, 0.717) is 6.20 Å². The lowest BCUT2D eigenvalue weighted by Crippen LogP contribution is -2.37. The average molecular weight is 188 g/mol. The highest BCUT2D eigenvalue weighted by atomic mass is 19.2. The Hall–Kier alpha value is -1.26. The van der Waals surface area contributed by atoms with Crippen LogP contribution in [-0.2, 0) is 5.54 Å². The van der Waals surface area contributed by atoms with Crippen molar-refractivity contribution >= 4 is 0 Å². The number of halogens is 2. The van der Waals surface area contributed by atoms with E-state index >= 15 is 0 Å². The maximum absolute atomic E-state index is 12.8. The van der Waals surface area contributed by atoms with E-state index < -0.39 is 22.7 Å². The molecule has 13 heavy (non-hydrogen) atoms. The van der Waals surface area contributed by atoms with Gasteiger partial charge in [0.2, 0.25) is 5.82 Å². The molecular weight excluding hydrogens is 178 g/mol. The summed E-state index contributed by atoms with van der Waals surface area (Å²) in [6.45, 7) is 5.04. The third kappa shape index (κ3) is 1.74. The third-order valence-electron chi connectivity index (χ3n) is 1.51. The van der Waals surface area contributed by atoms with Gasteiger partial charge in [0.25, 0.3) is 0 Å². The van der Waals surface area contributed by atoms with Crippen molar-refractivity contribution in [3.63, 3.8) is 0 Å². The van der Waals surface area contributed by atoms with Crippen molar-refractivity contribution < 1.29 is 8.78 Å². The maximum atomic E-state index is 12.8. The standard InChI is InChI=1S/C8H10F2N2O/c1-8(2,3)12-7(13)6(10)5(9)4-11-12/h4H,1-3H3. The van der Waals surface area contributed by atoms with E-state index in [1.54, 1.807) is 20.8 Å². The Morgan fingerprint density at radius 2 is 1.92 bits per heavy atom. The molecule has 0 aliphatic carbocycles.